The van der Waals surface area contributed by atoms with Gasteiger partial charge in [0.25, 0.3) is 5.91 Å². The van der Waals surface area contributed by atoms with Crippen LogP contribution in [-0.2, 0) is 10.2 Å². The summed E-state index contributed by atoms with van der Waals surface area (Å²) < 4.78 is 3.32. The zero-order chi connectivity index (χ0) is 24.2. The summed E-state index contributed by atoms with van der Waals surface area (Å²) in [7, 11) is 0. The fourth-order valence-electron chi connectivity index (χ4n) is 3.67. The second-order valence-corrected chi connectivity index (χ2v) is 10.6. The molecular weight excluding hydrogens is 454 g/mol. The van der Waals surface area contributed by atoms with Gasteiger partial charge in [-0.1, -0.05) is 50.6 Å². The molecule has 1 N–H and O–H groups in total. The first kappa shape index (κ1) is 25.1. The summed E-state index contributed by atoms with van der Waals surface area (Å²) in [5.74, 6) is -0.410. The molecule has 0 spiro atoms. The largest absolute Gasteiger partial charge is 0.325 e. The molecule has 2 aromatic carbocycles. The molecule has 33 heavy (non-hydrogen) atoms. The van der Waals surface area contributed by atoms with E-state index in [4.69, 9.17) is 11.6 Å². The minimum Gasteiger partial charge on any atom is -0.325 e. The van der Waals surface area contributed by atoms with Crippen molar-refractivity contribution in [3.05, 3.63) is 69.8 Å². The number of hydrogen-bond donors (Lipinski definition) is 1. The van der Waals surface area contributed by atoms with Crippen LogP contribution in [0.2, 0.25) is 5.02 Å². The average Bonchev–Trinajstić information content (AvgIpc) is 2.76. The maximum Gasteiger partial charge on any atom is 0.262 e. The average molecular weight is 484 g/mol. The number of nitrogens with one attached hydrogen (secondary N) is 1. The van der Waals surface area contributed by atoms with Crippen LogP contribution in [0.15, 0.2) is 57.9 Å². The first-order valence-electron chi connectivity index (χ1n) is 10.9. The van der Waals surface area contributed by atoms with E-state index < -0.39 is 5.91 Å². The highest BCUT2D eigenvalue weighted by molar-refractivity contribution is 8.00. The predicted molar refractivity (Wildman–Crippen MR) is 139 cm³/mol. The lowest BCUT2D eigenvalue weighted by molar-refractivity contribution is -0.116. The third-order valence-electron chi connectivity index (χ3n) is 5.58. The third kappa shape index (κ3) is 6.27. The van der Waals surface area contributed by atoms with Crippen molar-refractivity contribution in [1.29, 1.82) is 0 Å². The number of anilines is 1. The lowest BCUT2D eigenvalue weighted by atomic mass is 9.87. The molecule has 2 aromatic rings. The molecule has 2 amide bonds. The third-order valence-corrected chi connectivity index (χ3v) is 6.72. The van der Waals surface area contributed by atoms with Crippen molar-refractivity contribution >= 4 is 47.8 Å². The molecule has 7 heteroatoms. The van der Waals surface area contributed by atoms with E-state index in [-0.39, 0.29) is 17.9 Å². The number of amides is 2. The second-order valence-electron chi connectivity index (χ2n) is 9.30. The second kappa shape index (κ2) is 10.6. The summed E-state index contributed by atoms with van der Waals surface area (Å²) in [6.07, 6.45) is 4.41. The Hall–Kier alpha value is -2.57. The molecule has 0 radical (unpaired) electrons. The summed E-state index contributed by atoms with van der Waals surface area (Å²) in [5, 5.41) is 0.322. The molecule has 0 aliphatic carbocycles. The lowest BCUT2D eigenvalue weighted by Crippen LogP contribution is -2.35. The zero-order valence-corrected chi connectivity index (χ0v) is 21.3. The summed E-state index contributed by atoms with van der Waals surface area (Å²) in [6, 6.07) is 11.9. The molecule has 0 saturated carbocycles. The fraction of sp³-hybridized carbons (Fsp3) is 0.346. The maximum atomic E-state index is 13.2. The van der Waals surface area contributed by atoms with Gasteiger partial charge in [0.05, 0.1) is 10.6 Å². The minimum atomic E-state index is -0.406. The van der Waals surface area contributed by atoms with Gasteiger partial charge >= 0.3 is 0 Å². The van der Waals surface area contributed by atoms with Gasteiger partial charge in [-0.05, 0) is 72.2 Å². The van der Waals surface area contributed by atoms with Crippen molar-refractivity contribution in [2.45, 2.75) is 44.9 Å². The first-order chi connectivity index (χ1) is 15.6. The van der Waals surface area contributed by atoms with E-state index in [1.54, 1.807) is 12.3 Å². The molecule has 3 rings (SSSR count). The van der Waals surface area contributed by atoms with E-state index in [9.17, 15) is 9.59 Å². The summed E-state index contributed by atoms with van der Waals surface area (Å²) in [6.45, 7) is 11.2. The van der Waals surface area contributed by atoms with Gasteiger partial charge in [-0.25, -0.2) is 0 Å². The van der Waals surface area contributed by atoms with Crippen LogP contribution in [0, 0.1) is 12.8 Å². The van der Waals surface area contributed by atoms with Crippen molar-refractivity contribution in [3.63, 3.8) is 0 Å². The van der Waals surface area contributed by atoms with Crippen LogP contribution in [0.3, 0.4) is 0 Å². The molecule has 5 nitrogen and oxygen atoms in total. The van der Waals surface area contributed by atoms with E-state index in [1.165, 1.54) is 22.4 Å². The number of allylic oxidation sites excluding steroid dienone is 1. The Kier molecular flexibility index (Phi) is 8.03. The van der Waals surface area contributed by atoms with E-state index in [0.29, 0.717) is 29.1 Å². The van der Waals surface area contributed by atoms with E-state index in [1.807, 2.05) is 26.0 Å². The van der Waals surface area contributed by atoms with Gasteiger partial charge in [-0.2, -0.15) is 0 Å². The Labute approximate surface area is 205 Å². The minimum absolute atomic E-state index is 0.00355. The van der Waals surface area contributed by atoms with Crippen LogP contribution in [-0.4, -0.2) is 36.5 Å². The molecule has 1 unspecified atom stereocenters. The number of nitrogens with zero attached hydrogens (tertiary/aromatic N) is 2. The number of carbonyl (C=O) groups excluding carboxylic acids is 2. The Morgan fingerprint density at radius 3 is 2.52 bits per heavy atom. The van der Waals surface area contributed by atoms with Gasteiger partial charge in [-0.15, -0.1) is 0 Å². The van der Waals surface area contributed by atoms with E-state index in [0.717, 1.165) is 16.2 Å². The van der Waals surface area contributed by atoms with Crippen molar-refractivity contribution in [2.24, 2.45) is 10.9 Å². The quantitative estimate of drug-likeness (QED) is 0.370. The van der Waals surface area contributed by atoms with Crippen molar-refractivity contribution in [3.8, 4) is 0 Å². The SMILES string of the molecule is CC1=CC(CN(C=O)C(=O)c2c(Cl)ccc(NSc3ccc(C(C)(C)C)cc3)c2C)CN=C1. The Balaban J connectivity index is 1.76. The first-order valence-corrected chi connectivity index (χ1v) is 12.1. The molecule has 0 aromatic heterocycles. The van der Waals surface area contributed by atoms with Crippen LogP contribution >= 0.6 is 23.5 Å². The molecule has 1 heterocycles. The highest BCUT2D eigenvalue weighted by Gasteiger charge is 2.24. The maximum absolute atomic E-state index is 13.2. The van der Waals surface area contributed by atoms with Gasteiger partial charge in [0.1, 0.15) is 0 Å². The molecule has 1 atom stereocenters. The zero-order valence-electron chi connectivity index (χ0n) is 19.7. The highest BCUT2D eigenvalue weighted by Crippen LogP contribution is 2.32. The van der Waals surface area contributed by atoms with Gasteiger partial charge in [-0.3, -0.25) is 19.5 Å². The van der Waals surface area contributed by atoms with Gasteiger partial charge in [0.15, 0.2) is 0 Å². The molecular formula is C26H30ClN3O2S. The Morgan fingerprint density at radius 2 is 1.91 bits per heavy atom. The molecule has 0 fully saturated rings. The number of imide groups is 1. The molecule has 1 aliphatic rings. The number of rotatable bonds is 7. The van der Waals surface area contributed by atoms with Crippen LogP contribution in [0.1, 0.15) is 49.2 Å². The molecule has 174 valence electrons. The normalized spacial score (nSPS) is 15.7. The topological polar surface area (TPSA) is 61.8 Å². The van der Waals surface area contributed by atoms with Gasteiger partial charge in [0, 0.05) is 35.8 Å². The molecule has 1 aliphatic heterocycles. The van der Waals surface area contributed by atoms with E-state index >= 15 is 0 Å². The fourth-order valence-corrected chi connectivity index (χ4v) is 4.68. The smallest absolute Gasteiger partial charge is 0.262 e. The standard InChI is InChI=1S/C26H30ClN3O2S/c1-17-12-19(14-28-13-17)15-30(16-31)25(32)24-18(2)23(11-10-22(24)27)29-33-21-8-6-20(7-9-21)26(3,4)5/h6-13,16,19,29H,14-15H2,1-5H3. The highest BCUT2D eigenvalue weighted by atomic mass is 35.5. The Morgan fingerprint density at radius 1 is 1.21 bits per heavy atom. The van der Waals surface area contributed by atoms with Crippen molar-refractivity contribution in [1.82, 2.24) is 4.90 Å². The number of benzene rings is 2. The van der Waals surface area contributed by atoms with Crippen LogP contribution < -0.4 is 4.72 Å². The van der Waals surface area contributed by atoms with Crippen LogP contribution in [0.25, 0.3) is 0 Å². The summed E-state index contributed by atoms with van der Waals surface area (Å²) in [5.41, 5.74) is 4.20. The number of hydrogen-bond acceptors (Lipinski definition) is 5. The van der Waals surface area contributed by atoms with E-state index in [2.05, 4.69) is 54.8 Å². The molecule has 0 saturated heterocycles. The number of carbonyl (C=O) groups is 2. The molecule has 0 bridgehead atoms. The Bertz CT molecular complexity index is 1090. The van der Waals surface area contributed by atoms with Crippen LogP contribution in [0.4, 0.5) is 5.69 Å². The van der Waals surface area contributed by atoms with Crippen molar-refractivity contribution < 1.29 is 9.59 Å². The number of halogens is 1. The monoisotopic (exact) mass is 483 g/mol. The summed E-state index contributed by atoms with van der Waals surface area (Å²) in [4.78, 5) is 31.6. The van der Waals surface area contributed by atoms with Crippen LogP contribution in [0.5, 0.6) is 0 Å². The lowest BCUT2D eigenvalue weighted by Gasteiger charge is -2.23. The number of dihydropyridines is 1. The summed E-state index contributed by atoms with van der Waals surface area (Å²) >= 11 is 7.87. The van der Waals surface area contributed by atoms with Gasteiger partial charge < -0.3 is 4.72 Å². The van der Waals surface area contributed by atoms with Crippen molar-refractivity contribution in [2.75, 3.05) is 17.8 Å². The predicted octanol–water partition coefficient (Wildman–Crippen LogP) is 6.31. The van der Waals surface area contributed by atoms with Gasteiger partial charge in [0.2, 0.25) is 6.41 Å². The number of aliphatic imine (C=N–C) groups is 1.